The van der Waals surface area contributed by atoms with E-state index in [-0.39, 0.29) is 5.78 Å². The van der Waals surface area contributed by atoms with Crippen molar-refractivity contribution >= 4 is 11.5 Å². The molecule has 0 spiro atoms. The van der Waals surface area contributed by atoms with Crippen LogP contribution in [0.2, 0.25) is 0 Å². The summed E-state index contributed by atoms with van der Waals surface area (Å²) in [4.78, 5) is 12.5. The summed E-state index contributed by atoms with van der Waals surface area (Å²) in [7, 11) is 0. The van der Waals surface area contributed by atoms with Crippen LogP contribution < -0.4 is 10.5 Å². The maximum Gasteiger partial charge on any atom is 0.195 e. The van der Waals surface area contributed by atoms with Crippen molar-refractivity contribution in [2.45, 2.75) is 25.9 Å². The Kier molecular flexibility index (Phi) is 3.18. The molecule has 20 heavy (non-hydrogen) atoms. The second-order valence-corrected chi connectivity index (χ2v) is 5.26. The molecule has 0 aliphatic heterocycles. The van der Waals surface area contributed by atoms with Crippen molar-refractivity contribution in [2.75, 3.05) is 5.73 Å². The molecular weight excluding hydrogens is 250 g/mol. The van der Waals surface area contributed by atoms with Gasteiger partial charge in [-0.3, -0.25) is 4.79 Å². The molecule has 2 aromatic carbocycles. The van der Waals surface area contributed by atoms with E-state index in [2.05, 4.69) is 0 Å². The van der Waals surface area contributed by atoms with Gasteiger partial charge in [-0.05, 0) is 44.0 Å². The standard InChI is InChI=1S/C17H17NO2/c1-11-5-8-16(18)15(9-11)17(19)12-3-2-4-14(10-12)20-13-6-7-13/h2-5,8-10,13H,6-7,18H2,1H3. The van der Waals surface area contributed by atoms with Crippen molar-refractivity contribution in [1.29, 1.82) is 0 Å². The smallest absolute Gasteiger partial charge is 0.195 e. The van der Waals surface area contributed by atoms with Gasteiger partial charge in [-0.15, -0.1) is 0 Å². The van der Waals surface area contributed by atoms with E-state index < -0.39 is 0 Å². The van der Waals surface area contributed by atoms with Gasteiger partial charge in [-0.25, -0.2) is 0 Å². The van der Waals surface area contributed by atoms with E-state index in [9.17, 15) is 4.79 Å². The van der Waals surface area contributed by atoms with Crippen LogP contribution in [-0.4, -0.2) is 11.9 Å². The first kappa shape index (κ1) is 12.7. The maximum absolute atomic E-state index is 12.5. The number of aryl methyl sites for hydroxylation is 1. The number of carbonyl (C=O) groups excluding carboxylic acids is 1. The van der Waals surface area contributed by atoms with Gasteiger partial charge in [0.2, 0.25) is 0 Å². The lowest BCUT2D eigenvalue weighted by atomic mass is 10.00. The van der Waals surface area contributed by atoms with Crippen molar-refractivity contribution in [3.05, 3.63) is 59.2 Å². The average molecular weight is 267 g/mol. The van der Waals surface area contributed by atoms with Crippen LogP contribution in [0.15, 0.2) is 42.5 Å². The molecule has 0 bridgehead atoms. The first-order valence-corrected chi connectivity index (χ1v) is 6.81. The molecule has 0 radical (unpaired) electrons. The molecule has 0 aromatic heterocycles. The number of carbonyl (C=O) groups is 1. The van der Waals surface area contributed by atoms with Crippen LogP contribution in [0, 0.1) is 6.92 Å². The molecule has 1 aliphatic rings. The molecular formula is C17H17NO2. The molecule has 102 valence electrons. The molecule has 2 aromatic rings. The van der Waals surface area contributed by atoms with Gasteiger partial charge in [0.15, 0.2) is 5.78 Å². The maximum atomic E-state index is 12.5. The summed E-state index contributed by atoms with van der Waals surface area (Å²) in [5.41, 5.74) is 8.60. The van der Waals surface area contributed by atoms with E-state index in [1.54, 1.807) is 18.2 Å². The predicted molar refractivity (Wildman–Crippen MR) is 79.1 cm³/mol. The normalized spacial score (nSPS) is 14.1. The summed E-state index contributed by atoms with van der Waals surface area (Å²) in [6.45, 7) is 1.95. The molecule has 0 amide bonds. The van der Waals surface area contributed by atoms with Crippen LogP contribution in [0.1, 0.15) is 34.3 Å². The van der Waals surface area contributed by atoms with E-state index in [4.69, 9.17) is 10.5 Å². The SMILES string of the molecule is Cc1ccc(N)c(C(=O)c2cccc(OC3CC3)c2)c1. The van der Waals surface area contributed by atoms with Crippen molar-refractivity contribution < 1.29 is 9.53 Å². The minimum Gasteiger partial charge on any atom is -0.490 e. The van der Waals surface area contributed by atoms with E-state index in [0.29, 0.717) is 22.9 Å². The van der Waals surface area contributed by atoms with Gasteiger partial charge in [0.1, 0.15) is 5.75 Å². The van der Waals surface area contributed by atoms with Crippen LogP contribution in [0.25, 0.3) is 0 Å². The van der Waals surface area contributed by atoms with Gasteiger partial charge in [0.25, 0.3) is 0 Å². The Balaban J connectivity index is 1.91. The molecule has 0 atom stereocenters. The fourth-order valence-electron chi connectivity index (χ4n) is 2.11. The third-order valence-electron chi connectivity index (χ3n) is 3.38. The minimum atomic E-state index is -0.0625. The fraction of sp³-hybridized carbons (Fsp3) is 0.235. The molecule has 0 unspecified atom stereocenters. The van der Waals surface area contributed by atoms with Crippen molar-refractivity contribution in [1.82, 2.24) is 0 Å². The highest BCUT2D eigenvalue weighted by Gasteiger charge is 2.23. The Hall–Kier alpha value is -2.29. The quantitative estimate of drug-likeness (QED) is 0.682. The number of anilines is 1. The highest BCUT2D eigenvalue weighted by atomic mass is 16.5. The van der Waals surface area contributed by atoms with Gasteiger partial charge in [-0.2, -0.15) is 0 Å². The Morgan fingerprint density at radius 3 is 2.75 bits per heavy atom. The molecule has 1 fully saturated rings. The molecule has 1 aliphatic carbocycles. The van der Waals surface area contributed by atoms with Crippen molar-refractivity contribution in [3.8, 4) is 5.75 Å². The number of rotatable bonds is 4. The molecule has 3 nitrogen and oxygen atoms in total. The summed E-state index contributed by atoms with van der Waals surface area (Å²) in [5, 5.41) is 0. The monoisotopic (exact) mass is 267 g/mol. The number of nitrogen functional groups attached to an aromatic ring is 1. The molecule has 1 saturated carbocycles. The molecule has 0 heterocycles. The zero-order chi connectivity index (χ0) is 14.1. The highest BCUT2D eigenvalue weighted by Crippen LogP contribution is 2.28. The van der Waals surface area contributed by atoms with Crippen LogP contribution in [0.4, 0.5) is 5.69 Å². The van der Waals surface area contributed by atoms with E-state index >= 15 is 0 Å². The van der Waals surface area contributed by atoms with Crippen LogP contribution in [0.5, 0.6) is 5.75 Å². The zero-order valence-corrected chi connectivity index (χ0v) is 11.4. The van der Waals surface area contributed by atoms with Gasteiger partial charge < -0.3 is 10.5 Å². The van der Waals surface area contributed by atoms with Crippen molar-refractivity contribution in [2.24, 2.45) is 0 Å². The lowest BCUT2D eigenvalue weighted by Gasteiger charge is -2.08. The Morgan fingerprint density at radius 1 is 1.20 bits per heavy atom. The number of ether oxygens (including phenoxy) is 1. The first-order chi connectivity index (χ1) is 9.63. The van der Waals surface area contributed by atoms with Crippen LogP contribution >= 0.6 is 0 Å². The number of ketones is 1. The summed E-state index contributed by atoms with van der Waals surface area (Å²) in [6.07, 6.45) is 2.52. The van der Waals surface area contributed by atoms with Gasteiger partial charge >= 0.3 is 0 Å². The third kappa shape index (κ3) is 2.67. The zero-order valence-electron chi connectivity index (χ0n) is 11.4. The summed E-state index contributed by atoms with van der Waals surface area (Å²) >= 11 is 0. The van der Waals surface area contributed by atoms with Gasteiger partial charge in [0, 0.05) is 16.8 Å². The van der Waals surface area contributed by atoms with Crippen LogP contribution in [-0.2, 0) is 0 Å². The predicted octanol–water partition coefficient (Wildman–Crippen LogP) is 3.35. The summed E-state index contributed by atoms with van der Waals surface area (Å²) < 4.78 is 5.72. The highest BCUT2D eigenvalue weighted by molar-refractivity contribution is 6.12. The summed E-state index contributed by atoms with van der Waals surface area (Å²) in [5.74, 6) is 0.692. The number of benzene rings is 2. The first-order valence-electron chi connectivity index (χ1n) is 6.81. The van der Waals surface area contributed by atoms with Crippen LogP contribution in [0.3, 0.4) is 0 Å². The lowest BCUT2D eigenvalue weighted by Crippen LogP contribution is -2.06. The molecule has 3 rings (SSSR count). The van der Waals surface area contributed by atoms with Gasteiger partial charge in [-0.1, -0.05) is 23.8 Å². The average Bonchev–Trinajstić information content (AvgIpc) is 3.25. The Morgan fingerprint density at radius 2 is 2.00 bits per heavy atom. The summed E-state index contributed by atoms with van der Waals surface area (Å²) in [6, 6.07) is 12.8. The molecule has 0 saturated heterocycles. The number of hydrogen-bond acceptors (Lipinski definition) is 3. The van der Waals surface area contributed by atoms with E-state index in [0.717, 1.165) is 24.2 Å². The Bertz CT molecular complexity index is 660. The lowest BCUT2D eigenvalue weighted by molar-refractivity contribution is 0.103. The van der Waals surface area contributed by atoms with E-state index in [1.165, 1.54) is 0 Å². The fourth-order valence-corrected chi connectivity index (χ4v) is 2.11. The number of nitrogens with two attached hydrogens (primary N) is 1. The molecule has 3 heteroatoms. The van der Waals surface area contributed by atoms with E-state index in [1.807, 2.05) is 31.2 Å². The second-order valence-electron chi connectivity index (χ2n) is 5.26. The minimum absolute atomic E-state index is 0.0625. The Labute approximate surface area is 118 Å². The van der Waals surface area contributed by atoms with Crippen molar-refractivity contribution in [3.63, 3.8) is 0 Å². The molecule has 2 N–H and O–H groups in total. The topological polar surface area (TPSA) is 52.3 Å². The largest absolute Gasteiger partial charge is 0.490 e. The van der Waals surface area contributed by atoms with Gasteiger partial charge in [0.05, 0.1) is 6.10 Å². The third-order valence-corrected chi connectivity index (χ3v) is 3.38. The number of hydrogen-bond donors (Lipinski definition) is 1. The second kappa shape index (κ2) is 5.00.